The maximum absolute atomic E-state index is 6.02. The Bertz CT molecular complexity index is 531. The summed E-state index contributed by atoms with van der Waals surface area (Å²) >= 11 is 1.74. The second-order valence-electron chi connectivity index (χ2n) is 4.71. The number of hydrogen-bond donors (Lipinski definition) is 1. The molecule has 0 unspecified atom stereocenters. The van der Waals surface area contributed by atoms with Crippen molar-refractivity contribution in [3.63, 3.8) is 0 Å². The van der Waals surface area contributed by atoms with Crippen LogP contribution >= 0.6 is 11.3 Å². The minimum Gasteiger partial charge on any atom is -0.399 e. The SMILES string of the molecule is CN1CCc2c(cc(N)cc2-c2ccsc2)C1. The Labute approximate surface area is 106 Å². The lowest BCUT2D eigenvalue weighted by atomic mass is 9.91. The normalized spacial score (nSPS) is 15.8. The number of hydrogen-bond acceptors (Lipinski definition) is 3. The summed E-state index contributed by atoms with van der Waals surface area (Å²) in [5.41, 5.74) is 12.4. The van der Waals surface area contributed by atoms with Crippen molar-refractivity contribution in [1.82, 2.24) is 4.90 Å². The van der Waals surface area contributed by atoms with Crippen LogP contribution in [0, 0.1) is 0 Å². The lowest BCUT2D eigenvalue weighted by Crippen LogP contribution is -2.27. The minimum atomic E-state index is 0.875. The first kappa shape index (κ1) is 10.8. The molecule has 2 nitrogen and oxygen atoms in total. The zero-order valence-electron chi connectivity index (χ0n) is 9.94. The van der Waals surface area contributed by atoms with Crippen LogP contribution in [0.5, 0.6) is 0 Å². The second kappa shape index (κ2) is 4.17. The van der Waals surface area contributed by atoms with E-state index in [4.69, 9.17) is 5.73 Å². The Morgan fingerprint density at radius 3 is 3.00 bits per heavy atom. The van der Waals surface area contributed by atoms with Crippen molar-refractivity contribution in [1.29, 1.82) is 0 Å². The fourth-order valence-corrected chi connectivity index (χ4v) is 3.20. The molecule has 2 heterocycles. The van der Waals surface area contributed by atoms with Crippen molar-refractivity contribution in [3.8, 4) is 11.1 Å². The minimum absolute atomic E-state index is 0.875. The molecule has 0 spiro atoms. The zero-order chi connectivity index (χ0) is 11.8. The molecule has 88 valence electrons. The van der Waals surface area contributed by atoms with Crippen LogP contribution in [0.4, 0.5) is 5.69 Å². The molecule has 0 saturated carbocycles. The predicted octanol–water partition coefficient (Wildman–Crippen LogP) is 2.99. The predicted molar refractivity (Wildman–Crippen MR) is 74.2 cm³/mol. The van der Waals surface area contributed by atoms with E-state index in [9.17, 15) is 0 Å². The van der Waals surface area contributed by atoms with Crippen LogP contribution in [0.25, 0.3) is 11.1 Å². The zero-order valence-corrected chi connectivity index (χ0v) is 10.8. The standard InChI is InChI=1S/C14H16N2S/c1-16-4-2-13-11(8-16)6-12(15)7-14(13)10-3-5-17-9-10/h3,5-7,9H,2,4,8,15H2,1H3. The van der Waals surface area contributed by atoms with Crippen LogP contribution in [0.3, 0.4) is 0 Å². The largest absolute Gasteiger partial charge is 0.399 e. The monoisotopic (exact) mass is 244 g/mol. The molecule has 0 bridgehead atoms. The molecule has 2 aromatic rings. The number of nitrogens with two attached hydrogens (primary N) is 1. The first-order chi connectivity index (χ1) is 8.24. The first-order valence-electron chi connectivity index (χ1n) is 5.86. The molecule has 0 atom stereocenters. The summed E-state index contributed by atoms with van der Waals surface area (Å²) in [6.45, 7) is 2.14. The van der Waals surface area contributed by atoms with Crippen molar-refractivity contribution >= 4 is 17.0 Å². The van der Waals surface area contributed by atoms with Crippen molar-refractivity contribution in [2.75, 3.05) is 19.3 Å². The summed E-state index contributed by atoms with van der Waals surface area (Å²) < 4.78 is 0. The molecule has 0 saturated heterocycles. The molecule has 0 fully saturated rings. The number of anilines is 1. The smallest absolute Gasteiger partial charge is 0.0323 e. The van der Waals surface area contributed by atoms with Gasteiger partial charge in [-0.3, -0.25) is 0 Å². The molecule has 0 amide bonds. The average molecular weight is 244 g/mol. The number of thiophene rings is 1. The molecule has 1 aliphatic heterocycles. The Balaban J connectivity index is 2.16. The van der Waals surface area contributed by atoms with Crippen LogP contribution in [0.1, 0.15) is 11.1 Å². The highest BCUT2D eigenvalue weighted by Crippen LogP contribution is 2.33. The summed E-state index contributed by atoms with van der Waals surface area (Å²) in [5, 5.41) is 4.33. The van der Waals surface area contributed by atoms with Gasteiger partial charge in [0.2, 0.25) is 0 Å². The molecule has 1 aromatic heterocycles. The van der Waals surface area contributed by atoms with E-state index in [2.05, 4.69) is 40.9 Å². The van der Waals surface area contributed by atoms with Gasteiger partial charge in [-0.1, -0.05) is 0 Å². The van der Waals surface area contributed by atoms with Gasteiger partial charge in [0.15, 0.2) is 0 Å². The molecule has 1 aliphatic rings. The number of nitrogen functional groups attached to an aromatic ring is 1. The molecule has 1 aromatic carbocycles. The van der Waals surface area contributed by atoms with Crippen LogP contribution in [0.2, 0.25) is 0 Å². The first-order valence-corrected chi connectivity index (χ1v) is 6.81. The third-order valence-corrected chi connectivity index (χ3v) is 4.06. The summed E-state index contributed by atoms with van der Waals surface area (Å²) in [6, 6.07) is 6.42. The van der Waals surface area contributed by atoms with Gasteiger partial charge in [-0.05, 0) is 64.7 Å². The summed E-state index contributed by atoms with van der Waals surface area (Å²) in [5.74, 6) is 0. The highest BCUT2D eigenvalue weighted by atomic mass is 32.1. The highest BCUT2D eigenvalue weighted by molar-refractivity contribution is 7.08. The summed E-state index contributed by atoms with van der Waals surface area (Å²) in [7, 11) is 2.16. The van der Waals surface area contributed by atoms with E-state index in [0.29, 0.717) is 0 Å². The molecular formula is C14H16N2S. The van der Waals surface area contributed by atoms with Crippen LogP contribution < -0.4 is 5.73 Å². The van der Waals surface area contributed by atoms with E-state index in [1.54, 1.807) is 11.3 Å². The molecule has 17 heavy (non-hydrogen) atoms. The van der Waals surface area contributed by atoms with Gasteiger partial charge in [0.05, 0.1) is 0 Å². The Hall–Kier alpha value is -1.32. The molecule has 0 aliphatic carbocycles. The second-order valence-corrected chi connectivity index (χ2v) is 5.49. The van der Waals surface area contributed by atoms with Gasteiger partial charge in [0, 0.05) is 18.8 Å². The van der Waals surface area contributed by atoms with Gasteiger partial charge in [-0.2, -0.15) is 11.3 Å². The third-order valence-electron chi connectivity index (χ3n) is 3.38. The Morgan fingerprint density at radius 2 is 2.24 bits per heavy atom. The summed E-state index contributed by atoms with van der Waals surface area (Å²) in [6.07, 6.45) is 1.12. The third kappa shape index (κ3) is 1.96. The van der Waals surface area contributed by atoms with Gasteiger partial charge in [-0.25, -0.2) is 0 Å². The van der Waals surface area contributed by atoms with E-state index in [0.717, 1.165) is 25.2 Å². The number of fused-ring (bicyclic) bond motifs is 1. The fraction of sp³-hybridized carbons (Fsp3) is 0.286. The van der Waals surface area contributed by atoms with Gasteiger partial charge in [0.25, 0.3) is 0 Å². The highest BCUT2D eigenvalue weighted by Gasteiger charge is 2.18. The van der Waals surface area contributed by atoms with Crippen molar-refractivity contribution in [2.45, 2.75) is 13.0 Å². The molecular weight excluding hydrogens is 228 g/mol. The van der Waals surface area contributed by atoms with Crippen molar-refractivity contribution in [3.05, 3.63) is 40.1 Å². The van der Waals surface area contributed by atoms with E-state index in [1.807, 2.05) is 0 Å². The van der Waals surface area contributed by atoms with E-state index < -0.39 is 0 Å². The summed E-state index contributed by atoms with van der Waals surface area (Å²) in [4.78, 5) is 2.35. The number of nitrogens with zero attached hydrogens (tertiary/aromatic N) is 1. The quantitative estimate of drug-likeness (QED) is 0.781. The molecule has 3 rings (SSSR count). The van der Waals surface area contributed by atoms with E-state index in [-0.39, 0.29) is 0 Å². The topological polar surface area (TPSA) is 29.3 Å². The Morgan fingerprint density at radius 1 is 1.35 bits per heavy atom. The van der Waals surface area contributed by atoms with Crippen LogP contribution in [0.15, 0.2) is 29.0 Å². The molecule has 3 heteroatoms. The van der Waals surface area contributed by atoms with E-state index >= 15 is 0 Å². The average Bonchev–Trinajstić information content (AvgIpc) is 2.80. The fourth-order valence-electron chi connectivity index (χ4n) is 2.54. The van der Waals surface area contributed by atoms with Gasteiger partial charge < -0.3 is 10.6 Å². The van der Waals surface area contributed by atoms with Crippen LogP contribution in [-0.2, 0) is 13.0 Å². The molecule has 2 N–H and O–H groups in total. The van der Waals surface area contributed by atoms with Crippen molar-refractivity contribution < 1.29 is 0 Å². The van der Waals surface area contributed by atoms with E-state index in [1.165, 1.54) is 22.3 Å². The van der Waals surface area contributed by atoms with Gasteiger partial charge >= 0.3 is 0 Å². The van der Waals surface area contributed by atoms with Crippen molar-refractivity contribution in [2.24, 2.45) is 0 Å². The number of rotatable bonds is 1. The lowest BCUT2D eigenvalue weighted by molar-refractivity contribution is 0.313. The van der Waals surface area contributed by atoms with Crippen LogP contribution in [-0.4, -0.2) is 18.5 Å². The van der Waals surface area contributed by atoms with Gasteiger partial charge in [-0.15, -0.1) is 0 Å². The molecule has 0 radical (unpaired) electrons. The Kier molecular flexibility index (Phi) is 2.65. The van der Waals surface area contributed by atoms with Gasteiger partial charge in [0.1, 0.15) is 0 Å². The maximum atomic E-state index is 6.02. The lowest BCUT2D eigenvalue weighted by Gasteiger charge is -2.27. The number of benzene rings is 1. The maximum Gasteiger partial charge on any atom is 0.0323 e. The number of likely N-dealkylation sites (N-methyl/N-ethyl adjacent to an activating group) is 1.